The van der Waals surface area contributed by atoms with E-state index < -0.39 is 0 Å². The molecule has 0 aliphatic rings. The van der Waals surface area contributed by atoms with Crippen LogP contribution >= 0.6 is 0 Å². The van der Waals surface area contributed by atoms with E-state index in [1.54, 1.807) is 0 Å². The Kier molecular flexibility index (Phi) is 4.36. The monoisotopic (exact) mass is 130 g/mol. The molecule has 0 amide bonds. The second-order valence-electron chi connectivity index (χ2n) is 2.37. The summed E-state index contributed by atoms with van der Waals surface area (Å²) in [7, 11) is 0. The Morgan fingerprint density at radius 3 is 1.89 bits per heavy atom. The van der Waals surface area contributed by atoms with Crippen molar-refractivity contribution in [3.63, 3.8) is 0 Å². The highest BCUT2D eigenvalue weighted by atomic mass is 16.3. The Bertz CT molecular complexity index is 89.1. The van der Waals surface area contributed by atoms with Gasteiger partial charge < -0.3 is 10.2 Å². The predicted octanol–water partition coefficient (Wildman–Crippen LogP) is 0.553. The van der Waals surface area contributed by atoms with Crippen LogP contribution in [0.1, 0.15) is 13.8 Å². The molecule has 0 unspecified atom stereocenters. The van der Waals surface area contributed by atoms with Crippen LogP contribution in [0.15, 0.2) is 11.6 Å². The van der Waals surface area contributed by atoms with Crippen LogP contribution in [0.4, 0.5) is 0 Å². The zero-order chi connectivity index (χ0) is 7.28. The Morgan fingerprint density at radius 1 is 1.33 bits per heavy atom. The van der Waals surface area contributed by atoms with Gasteiger partial charge in [0.05, 0.1) is 13.2 Å². The normalized spacial score (nSPS) is 9.89. The van der Waals surface area contributed by atoms with Gasteiger partial charge in [-0.05, 0) is 13.8 Å². The van der Waals surface area contributed by atoms with Crippen LogP contribution in [-0.4, -0.2) is 23.4 Å². The van der Waals surface area contributed by atoms with Gasteiger partial charge in [0, 0.05) is 5.92 Å². The zero-order valence-corrected chi connectivity index (χ0v) is 5.96. The zero-order valence-electron chi connectivity index (χ0n) is 5.96. The van der Waals surface area contributed by atoms with Gasteiger partial charge in [-0.1, -0.05) is 11.6 Å². The van der Waals surface area contributed by atoms with Gasteiger partial charge in [-0.15, -0.1) is 0 Å². The molecule has 0 saturated carbocycles. The lowest BCUT2D eigenvalue weighted by atomic mass is 10.1. The lowest BCUT2D eigenvalue weighted by molar-refractivity contribution is 0.177. The average Bonchev–Trinajstić information content (AvgIpc) is 1.82. The summed E-state index contributed by atoms with van der Waals surface area (Å²) >= 11 is 0. The predicted molar refractivity (Wildman–Crippen MR) is 37.1 cm³/mol. The first-order chi connectivity index (χ1) is 4.20. The first-order valence-corrected chi connectivity index (χ1v) is 3.07. The molecule has 0 rings (SSSR count). The van der Waals surface area contributed by atoms with Gasteiger partial charge in [0.15, 0.2) is 0 Å². The van der Waals surface area contributed by atoms with Crippen molar-refractivity contribution in [1.29, 1.82) is 0 Å². The van der Waals surface area contributed by atoms with Crippen LogP contribution in [0.2, 0.25) is 0 Å². The standard InChI is InChI=1S/C7H14O2/c1-6(2)3-7(4-8)5-9/h3,7-9H,4-5H2,1-2H3. The summed E-state index contributed by atoms with van der Waals surface area (Å²) in [6, 6.07) is 0. The fraction of sp³-hybridized carbons (Fsp3) is 0.714. The molecule has 0 aliphatic heterocycles. The number of allylic oxidation sites excluding steroid dienone is 1. The minimum atomic E-state index is -0.0741. The summed E-state index contributed by atoms with van der Waals surface area (Å²) in [5, 5.41) is 17.1. The Morgan fingerprint density at radius 2 is 1.78 bits per heavy atom. The summed E-state index contributed by atoms with van der Waals surface area (Å²) in [4.78, 5) is 0. The second kappa shape index (κ2) is 4.53. The van der Waals surface area contributed by atoms with Gasteiger partial charge >= 0.3 is 0 Å². The molecular weight excluding hydrogens is 116 g/mol. The maximum Gasteiger partial charge on any atom is 0.0515 e. The second-order valence-corrected chi connectivity index (χ2v) is 2.37. The quantitative estimate of drug-likeness (QED) is 0.548. The molecule has 0 aromatic rings. The largest absolute Gasteiger partial charge is 0.396 e. The molecule has 0 spiro atoms. The molecule has 0 fully saturated rings. The molecule has 0 aromatic heterocycles. The maximum atomic E-state index is 8.57. The van der Waals surface area contributed by atoms with Gasteiger partial charge in [-0.3, -0.25) is 0 Å². The summed E-state index contributed by atoms with van der Waals surface area (Å²) in [6.07, 6.45) is 1.86. The third-order valence-corrected chi connectivity index (χ3v) is 1.04. The molecule has 0 aromatic carbocycles. The molecule has 0 bridgehead atoms. The maximum absolute atomic E-state index is 8.57. The molecule has 0 radical (unpaired) electrons. The molecule has 2 heteroatoms. The van der Waals surface area contributed by atoms with E-state index in [1.807, 2.05) is 19.9 Å². The highest BCUT2D eigenvalue weighted by Crippen LogP contribution is 2.00. The summed E-state index contributed by atoms with van der Waals surface area (Å²) in [6.45, 7) is 3.94. The third-order valence-electron chi connectivity index (χ3n) is 1.04. The van der Waals surface area contributed by atoms with Gasteiger partial charge in [0.2, 0.25) is 0 Å². The van der Waals surface area contributed by atoms with Gasteiger partial charge in [0.25, 0.3) is 0 Å². The molecule has 0 saturated heterocycles. The van der Waals surface area contributed by atoms with E-state index in [4.69, 9.17) is 10.2 Å². The van der Waals surface area contributed by atoms with Gasteiger partial charge in [0.1, 0.15) is 0 Å². The Hall–Kier alpha value is -0.340. The molecule has 2 N–H and O–H groups in total. The minimum absolute atomic E-state index is 0.0294. The molecule has 2 nitrogen and oxygen atoms in total. The van der Waals surface area contributed by atoms with Crippen LogP contribution in [0, 0.1) is 5.92 Å². The first-order valence-electron chi connectivity index (χ1n) is 3.07. The molecule has 54 valence electrons. The molecule has 0 heterocycles. The Labute approximate surface area is 55.8 Å². The Balaban J connectivity index is 3.68. The van der Waals surface area contributed by atoms with Crippen molar-refractivity contribution in [2.45, 2.75) is 13.8 Å². The highest BCUT2D eigenvalue weighted by molar-refractivity contribution is 4.96. The van der Waals surface area contributed by atoms with Crippen LogP contribution in [0.5, 0.6) is 0 Å². The molecular formula is C7H14O2. The van der Waals surface area contributed by atoms with Crippen molar-refractivity contribution in [3.8, 4) is 0 Å². The van der Waals surface area contributed by atoms with Crippen molar-refractivity contribution < 1.29 is 10.2 Å². The number of hydrogen-bond acceptors (Lipinski definition) is 2. The van der Waals surface area contributed by atoms with Gasteiger partial charge in [-0.25, -0.2) is 0 Å². The van der Waals surface area contributed by atoms with Crippen LogP contribution in [-0.2, 0) is 0 Å². The minimum Gasteiger partial charge on any atom is -0.396 e. The summed E-state index contributed by atoms with van der Waals surface area (Å²) < 4.78 is 0. The summed E-state index contributed by atoms with van der Waals surface area (Å²) in [5.41, 5.74) is 1.13. The third kappa shape index (κ3) is 4.18. The van der Waals surface area contributed by atoms with E-state index in [1.165, 1.54) is 0 Å². The fourth-order valence-corrected chi connectivity index (χ4v) is 0.635. The first kappa shape index (κ1) is 8.66. The van der Waals surface area contributed by atoms with Crippen molar-refractivity contribution in [1.82, 2.24) is 0 Å². The van der Waals surface area contributed by atoms with Crippen molar-refractivity contribution in [2.24, 2.45) is 5.92 Å². The van der Waals surface area contributed by atoms with Crippen molar-refractivity contribution in [3.05, 3.63) is 11.6 Å². The van der Waals surface area contributed by atoms with Crippen LogP contribution in [0.3, 0.4) is 0 Å². The topological polar surface area (TPSA) is 40.5 Å². The number of hydrogen-bond donors (Lipinski definition) is 2. The van der Waals surface area contributed by atoms with Gasteiger partial charge in [-0.2, -0.15) is 0 Å². The van der Waals surface area contributed by atoms with E-state index >= 15 is 0 Å². The number of rotatable bonds is 3. The van der Waals surface area contributed by atoms with Crippen molar-refractivity contribution in [2.75, 3.05) is 13.2 Å². The van der Waals surface area contributed by atoms with Crippen LogP contribution < -0.4 is 0 Å². The lowest BCUT2D eigenvalue weighted by Crippen LogP contribution is -2.07. The fourth-order valence-electron chi connectivity index (χ4n) is 0.635. The van der Waals surface area contributed by atoms with E-state index in [9.17, 15) is 0 Å². The lowest BCUT2D eigenvalue weighted by Gasteiger charge is -2.03. The molecule has 9 heavy (non-hydrogen) atoms. The van der Waals surface area contributed by atoms with E-state index in [0.717, 1.165) is 5.57 Å². The van der Waals surface area contributed by atoms with Crippen molar-refractivity contribution >= 4 is 0 Å². The smallest absolute Gasteiger partial charge is 0.0515 e. The number of aliphatic hydroxyl groups excluding tert-OH is 2. The average molecular weight is 130 g/mol. The SMILES string of the molecule is CC(C)=CC(CO)CO. The summed E-state index contributed by atoms with van der Waals surface area (Å²) in [5.74, 6) is -0.0741. The number of aliphatic hydroxyl groups is 2. The van der Waals surface area contributed by atoms with E-state index in [2.05, 4.69) is 0 Å². The molecule has 0 atom stereocenters. The van der Waals surface area contributed by atoms with E-state index in [0.29, 0.717) is 0 Å². The molecule has 0 aliphatic carbocycles. The van der Waals surface area contributed by atoms with E-state index in [-0.39, 0.29) is 19.1 Å². The highest BCUT2D eigenvalue weighted by Gasteiger charge is 1.98. The van der Waals surface area contributed by atoms with Crippen LogP contribution in [0.25, 0.3) is 0 Å².